The summed E-state index contributed by atoms with van der Waals surface area (Å²) >= 11 is 0. The summed E-state index contributed by atoms with van der Waals surface area (Å²) in [4.78, 5) is 16.2. The number of benzene rings is 1. The molecule has 22 heavy (non-hydrogen) atoms. The Bertz CT molecular complexity index is 523. The summed E-state index contributed by atoms with van der Waals surface area (Å²) in [5.74, 6) is 0. The minimum Gasteiger partial charge on any atom is -0.444 e. The molecule has 1 aromatic carbocycles. The van der Waals surface area contributed by atoms with E-state index in [1.54, 1.807) is 4.90 Å². The molecule has 1 heterocycles. The largest absolute Gasteiger partial charge is 0.444 e. The van der Waals surface area contributed by atoms with Crippen molar-refractivity contribution in [3.63, 3.8) is 0 Å². The maximum atomic E-state index is 12.3. The van der Waals surface area contributed by atoms with Gasteiger partial charge >= 0.3 is 6.09 Å². The van der Waals surface area contributed by atoms with Gasteiger partial charge in [-0.2, -0.15) is 0 Å². The molecule has 1 unspecified atom stereocenters. The number of hydrogen-bond acceptors (Lipinski definition) is 4. The molecule has 1 aliphatic rings. The Morgan fingerprint density at radius 2 is 2.00 bits per heavy atom. The molecule has 1 saturated heterocycles. The molecule has 0 saturated carbocycles. The normalized spacial score (nSPS) is 19.0. The van der Waals surface area contributed by atoms with Crippen molar-refractivity contribution in [2.45, 2.75) is 32.4 Å². The maximum absolute atomic E-state index is 12.3. The zero-order valence-electron chi connectivity index (χ0n) is 14.2. The van der Waals surface area contributed by atoms with Crippen LogP contribution in [0, 0.1) is 0 Å². The van der Waals surface area contributed by atoms with E-state index in [4.69, 9.17) is 4.74 Å². The fraction of sp³-hybridized carbons (Fsp3) is 0.588. The lowest BCUT2D eigenvalue weighted by molar-refractivity contribution is 0.0195. The lowest BCUT2D eigenvalue weighted by Gasteiger charge is -2.36. The standard InChI is InChI=1S/C17H27N3O2/c1-17(2,3)22-16(21)20-11-10-18-14(12-20)13-8-6-7-9-15(13)19(4)5/h6-9,14,18H,10-12H2,1-5H3. The van der Waals surface area contributed by atoms with Crippen LogP contribution in [0.25, 0.3) is 0 Å². The van der Waals surface area contributed by atoms with Gasteiger partial charge in [-0.25, -0.2) is 4.79 Å². The molecule has 1 fully saturated rings. The number of rotatable bonds is 2. The van der Waals surface area contributed by atoms with Gasteiger partial charge in [0.1, 0.15) is 5.60 Å². The molecule has 1 amide bonds. The van der Waals surface area contributed by atoms with Crippen molar-refractivity contribution in [2.75, 3.05) is 38.6 Å². The predicted octanol–water partition coefficient (Wildman–Crippen LogP) is 2.63. The van der Waals surface area contributed by atoms with Crippen molar-refractivity contribution in [3.8, 4) is 0 Å². The van der Waals surface area contributed by atoms with E-state index < -0.39 is 5.60 Å². The molecule has 0 spiro atoms. The number of hydrogen-bond donors (Lipinski definition) is 1. The molecule has 1 N–H and O–H groups in total. The highest BCUT2D eigenvalue weighted by Gasteiger charge is 2.29. The molecule has 5 nitrogen and oxygen atoms in total. The van der Waals surface area contributed by atoms with Crippen LogP contribution in [0.3, 0.4) is 0 Å². The average Bonchev–Trinajstić information content (AvgIpc) is 2.45. The summed E-state index contributed by atoms with van der Waals surface area (Å²) in [6.45, 7) is 7.75. The lowest BCUT2D eigenvalue weighted by atomic mass is 10.0. The van der Waals surface area contributed by atoms with Gasteiger partial charge in [0.15, 0.2) is 0 Å². The Morgan fingerprint density at radius 3 is 2.64 bits per heavy atom. The third-order valence-electron chi connectivity index (χ3n) is 3.62. The summed E-state index contributed by atoms with van der Waals surface area (Å²) in [7, 11) is 4.07. The number of nitrogens with zero attached hydrogens (tertiary/aromatic N) is 2. The van der Waals surface area contributed by atoms with Gasteiger partial charge in [-0.15, -0.1) is 0 Å². The summed E-state index contributed by atoms with van der Waals surface area (Å²) in [5.41, 5.74) is 1.92. The fourth-order valence-corrected chi connectivity index (χ4v) is 2.64. The van der Waals surface area contributed by atoms with E-state index in [1.165, 1.54) is 11.3 Å². The van der Waals surface area contributed by atoms with Crippen molar-refractivity contribution in [1.82, 2.24) is 10.2 Å². The zero-order valence-corrected chi connectivity index (χ0v) is 14.2. The Kier molecular flexibility index (Phi) is 4.96. The van der Waals surface area contributed by atoms with Crippen molar-refractivity contribution in [2.24, 2.45) is 0 Å². The summed E-state index contributed by atoms with van der Waals surface area (Å²) < 4.78 is 5.49. The second-order valence-electron chi connectivity index (χ2n) is 6.89. The zero-order chi connectivity index (χ0) is 16.3. The maximum Gasteiger partial charge on any atom is 0.410 e. The molecule has 0 aliphatic carbocycles. The predicted molar refractivity (Wildman–Crippen MR) is 89.3 cm³/mol. The molecule has 1 aliphatic heterocycles. The number of carbonyl (C=O) groups is 1. The number of para-hydroxylation sites is 1. The first-order valence-corrected chi connectivity index (χ1v) is 7.75. The Labute approximate surface area is 133 Å². The van der Waals surface area contributed by atoms with Crippen molar-refractivity contribution >= 4 is 11.8 Å². The van der Waals surface area contributed by atoms with Gasteiger partial charge in [0, 0.05) is 39.4 Å². The number of carbonyl (C=O) groups excluding carboxylic acids is 1. The molecular formula is C17H27N3O2. The molecule has 5 heteroatoms. The summed E-state index contributed by atoms with van der Waals surface area (Å²) in [6.07, 6.45) is -0.235. The molecule has 122 valence electrons. The van der Waals surface area contributed by atoms with Crippen molar-refractivity contribution in [3.05, 3.63) is 29.8 Å². The lowest BCUT2D eigenvalue weighted by Crippen LogP contribution is -2.49. The van der Waals surface area contributed by atoms with Crippen molar-refractivity contribution in [1.29, 1.82) is 0 Å². The van der Waals surface area contributed by atoms with E-state index in [0.29, 0.717) is 13.1 Å². The van der Waals surface area contributed by atoms with Crippen LogP contribution in [0.4, 0.5) is 10.5 Å². The fourth-order valence-electron chi connectivity index (χ4n) is 2.64. The van der Waals surface area contributed by atoms with Gasteiger partial charge in [0.2, 0.25) is 0 Å². The van der Waals surface area contributed by atoms with Crippen LogP contribution < -0.4 is 10.2 Å². The minimum atomic E-state index is -0.459. The van der Waals surface area contributed by atoms with Gasteiger partial charge in [-0.3, -0.25) is 0 Å². The van der Waals surface area contributed by atoms with Crippen LogP contribution in [-0.2, 0) is 4.74 Å². The van der Waals surface area contributed by atoms with E-state index in [-0.39, 0.29) is 12.1 Å². The number of nitrogens with one attached hydrogen (secondary N) is 1. The highest BCUT2D eigenvalue weighted by molar-refractivity contribution is 5.68. The molecule has 1 atom stereocenters. The topological polar surface area (TPSA) is 44.8 Å². The molecule has 0 aromatic heterocycles. The minimum absolute atomic E-state index is 0.125. The number of amides is 1. The van der Waals surface area contributed by atoms with Crippen molar-refractivity contribution < 1.29 is 9.53 Å². The third kappa shape index (κ3) is 4.13. The van der Waals surface area contributed by atoms with Gasteiger partial charge in [-0.1, -0.05) is 18.2 Å². The third-order valence-corrected chi connectivity index (χ3v) is 3.62. The SMILES string of the molecule is CN(C)c1ccccc1C1CN(C(=O)OC(C)(C)C)CCN1. The monoisotopic (exact) mass is 305 g/mol. The molecule has 1 aromatic rings. The highest BCUT2D eigenvalue weighted by Crippen LogP contribution is 2.27. The number of anilines is 1. The molecule has 0 bridgehead atoms. The number of piperazine rings is 1. The second kappa shape index (κ2) is 6.57. The first kappa shape index (κ1) is 16.6. The van der Waals surface area contributed by atoms with Crippen LogP contribution in [0.2, 0.25) is 0 Å². The van der Waals surface area contributed by atoms with E-state index >= 15 is 0 Å². The van der Waals surface area contributed by atoms with Gasteiger partial charge < -0.3 is 19.9 Å². The first-order chi connectivity index (χ1) is 10.3. The highest BCUT2D eigenvalue weighted by atomic mass is 16.6. The van der Waals surface area contributed by atoms with Gasteiger partial charge in [0.05, 0.1) is 6.04 Å². The van der Waals surface area contributed by atoms with Crippen LogP contribution in [0.5, 0.6) is 0 Å². The Hall–Kier alpha value is -1.75. The molecule has 0 radical (unpaired) electrons. The first-order valence-electron chi connectivity index (χ1n) is 7.75. The van der Waals surface area contributed by atoms with E-state index in [9.17, 15) is 4.79 Å². The smallest absolute Gasteiger partial charge is 0.410 e. The molecular weight excluding hydrogens is 278 g/mol. The molecule has 2 rings (SSSR count). The van der Waals surface area contributed by atoms with Crippen LogP contribution in [0.15, 0.2) is 24.3 Å². The summed E-state index contributed by atoms with van der Waals surface area (Å²) in [6, 6.07) is 8.42. The van der Waals surface area contributed by atoms with E-state index in [1.807, 2.05) is 47.0 Å². The Balaban J connectivity index is 2.13. The van der Waals surface area contributed by atoms with E-state index in [2.05, 4.69) is 22.3 Å². The van der Waals surface area contributed by atoms with Crippen LogP contribution in [0.1, 0.15) is 32.4 Å². The van der Waals surface area contributed by atoms with Crippen LogP contribution in [-0.4, -0.2) is 50.3 Å². The van der Waals surface area contributed by atoms with Crippen LogP contribution >= 0.6 is 0 Å². The van der Waals surface area contributed by atoms with Gasteiger partial charge in [-0.05, 0) is 32.4 Å². The van der Waals surface area contributed by atoms with E-state index in [0.717, 1.165) is 6.54 Å². The average molecular weight is 305 g/mol. The number of ether oxygens (including phenoxy) is 1. The second-order valence-corrected chi connectivity index (χ2v) is 6.89. The Morgan fingerprint density at radius 1 is 1.32 bits per heavy atom. The quantitative estimate of drug-likeness (QED) is 0.912. The summed E-state index contributed by atoms with van der Waals surface area (Å²) in [5, 5.41) is 3.50. The van der Waals surface area contributed by atoms with Gasteiger partial charge in [0.25, 0.3) is 0 Å².